The first kappa shape index (κ1) is 11.5. The molecule has 1 aromatic rings. The summed E-state index contributed by atoms with van der Waals surface area (Å²) >= 11 is 0. The molecule has 1 rings (SSSR count). The van der Waals surface area contributed by atoms with Crippen LogP contribution in [0.1, 0.15) is 31.1 Å². The fourth-order valence-electron chi connectivity index (χ4n) is 1.07. The van der Waals surface area contributed by atoms with Gasteiger partial charge in [0, 0.05) is 12.7 Å². The van der Waals surface area contributed by atoms with Gasteiger partial charge in [0.1, 0.15) is 11.4 Å². The standard InChI is InChI=1S/C11H16N2O2/c1-11(2,3)7-13-9-8(10(14)15)5-4-6-12-9/h4-6H,7H2,1-3H3,(H,12,13)(H,14,15). The number of nitrogens with zero attached hydrogens (tertiary/aromatic N) is 1. The van der Waals surface area contributed by atoms with Crippen molar-refractivity contribution in [2.24, 2.45) is 5.41 Å². The molecule has 1 aromatic heterocycles. The molecule has 0 saturated carbocycles. The Labute approximate surface area is 89.3 Å². The van der Waals surface area contributed by atoms with Crippen molar-refractivity contribution in [1.82, 2.24) is 4.98 Å². The van der Waals surface area contributed by atoms with E-state index in [-0.39, 0.29) is 11.0 Å². The van der Waals surface area contributed by atoms with Crippen molar-refractivity contribution < 1.29 is 9.90 Å². The predicted octanol–water partition coefficient (Wildman–Crippen LogP) is 2.24. The third-order valence-electron chi connectivity index (χ3n) is 1.82. The van der Waals surface area contributed by atoms with Gasteiger partial charge in [0.05, 0.1) is 0 Å². The molecule has 0 fully saturated rings. The first-order valence-corrected chi connectivity index (χ1v) is 4.82. The molecular weight excluding hydrogens is 192 g/mol. The van der Waals surface area contributed by atoms with Crippen LogP contribution in [0.3, 0.4) is 0 Å². The average molecular weight is 208 g/mol. The number of aromatic carboxylic acids is 1. The number of rotatable bonds is 3. The molecule has 0 bridgehead atoms. The van der Waals surface area contributed by atoms with Crippen LogP contribution in [0, 0.1) is 5.41 Å². The van der Waals surface area contributed by atoms with Crippen LogP contribution in [0.25, 0.3) is 0 Å². The van der Waals surface area contributed by atoms with E-state index in [2.05, 4.69) is 31.1 Å². The Hall–Kier alpha value is -1.58. The summed E-state index contributed by atoms with van der Waals surface area (Å²) in [6.45, 7) is 6.90. The Morgan fingerprint density at radius 2 is 2.20 bits per heavy atom. The molecule has 82 valence electrons. The summed E-state index contributed by atoms with van der Waals surface area (Å²) < 4.78 is 0. The maximum Gasteiger partial charge on any atom is 0.339 e. The van der Waals surface area contributed by atoms with Gasteiger partial charge in [-0.3, -0.25) is 0 Å². The third kappa shape index (κ3) is 3.58. The molecule has 0 spiro atoms. The van der Waals surface area contributed by atoms with E-state index < -0.39 is 5.97 Å². The molecule has 4 nitrogen and oxygen atoms in total. The minimum atomic E-state index is -0.959. The van der Waals surface area contributed by atoms with Crippen LogP contribution in [0.15, 0.2) is 18.3 Å². The highest BCUT2D eigenvalue weighted by Crippen LogP contribution is 2.16. The van der Waals surface area contributed by atoms with Gasteiger partial charge in [0.2, 0.25) is 0 Å². The van der Waals surface area contributed by atoms with Crippen LogP contribution in [0.2, 0.25) is 0 Å². The normalized spacial score (nSPS) is 11.1. The van der Waals surface area contributed by atoms with Crippen LogP contribution in [-0.2, 0) is 0 Å². The average Bonchev–Trinajstić information content (AvgIpc) is 2.14. The number of carboxylic acid groups (broad SMARTS) is 1. The van der Waals surface area contributed by atoms with Gasteiger partial charge in [0.25, 0.3) is 0 Å². The second-order valence-electron chi connectivity index (χ2n) is 4.62. The minimum absolute atomic E-state index is 0.0906. The zero-order chi connectivity index (χ0) is 11.5. The molecule has 0 aliphatic heterocycles. The van der Waals surface area contributed by atoms with Crippen LogP contribution in [-0.4, -0.2) is 22.6 Å². The highest BCUT2D eigenvalue weighted by Gasteiger charge is 2.14. The molecule has 0 amide bonds. The van der Waals surface area contributed by atoms with E-state index in [4.69, 9.17) is 5.11 Å². The molecule has 0 radical (unpaired) electrons. The van der Waals surface area contributed by atoms with Gasteiger partial charge < -0.3 is 10.4 Å². The van der Waals surface area contributed by atoms with Gasteiger partial charge in [-0.2, -0.15) is 0 Å². The number of aromatic nitrogens is 1. The summed E-state index contributed by atoms with van der Waals surface area (Å²) in [4.78, 5) is 14.9. The topological polar surface area (TPSA) is 62.2 Å². The Bertz CT molecular complexity index is 356. The second-order valence-corrected chi connectivity index (χ2v) is 4.62. The van der Waals surface area contributed by atoms with Crippen molar-refractivity contribution >= 4 is 11.8 Å². The van der Waals surface area contributed by atoms with Crippen molar-refractivity contribution in [1.29, 1.82) is 0 Å². The smallest absolute Gasteiger partial charge is 0.339 e. The Morgan fingerprint density at radius 3 is 2.73 bits per heavy atom. The van der Waals surface area contributed by atoms with E-state index >= 15 is 0 Å². The van der Waals surface area contributed by atoms with E-state index in [1.807, 2.05) is 0 Å². The maximum atomic E-state index is 10.9. The number of carbonyl (C=O) groups is 1. The van der Waals surface area contributed by atoms with Crippen molar-refractivity contribution in [3.8, 4) is 0 Å². The Balaban J connectivity index is 2.81. The summed E-state index contributed by atoms with van der Waals surface area (Å²) in [5.41, 5.74) is 0.301. The molecule has 0 atom stereocenters. The minimum Gasteiger partial charge on any atom is -0.478 e. The van der Waals surface area contributed by atoms with E-state index in [9.17, 15) is 4.79 Å². The summed E-state index contributed by atoms with van der Waals surface area (Å²) in [5.74, 6) is -0.528. The third-order valence-corrected chi connectivity index (χ3v) is 1.82. The Morgan fingerprint density at radius 1 is 1.53 bits per heavy atom. The van der Waals surface area contributed by atoms with Gasteiger partial charge in [-0.25, -0.2) is 9.78 Å². The molecule has 0 aliphatic carbocycles. The first-order chi connectivity index (χ1) is 6.90. The van der Waals surface area contributed by atoms with Crippen LogP contribution >= 0.6 is 0 Å². The summed E-state index contributed by atoms with van der Waals surface area (Å²) in [7, 11) is 0. The second kappa shape index (κ2) is 4.29. The number of hydrogen-bond acceptors (Lipinski definition) is 3. The lowest BCUT2D eigenvalue weighted by Crippen LogP contribution is -2.21. The van der Waals surface area contributed by atoms with Crippen molar-refractivity contribution in [2.45, 2.75) is 20.8 Å². The number of carboxylic acids is 1. The molecule has 1 heterocycles. The fraction of sp³-hybridized carbons (Fsp3) is 0.455. The zero-order valence-corrected chi connectivity index (χ0v) is 9.24. The lowest BCUT2D eigenvalue weighted by Gasteiger charge is -2.19. The van der Waals surface area contributed by atoms with Crippen molar-refractivity contribution in [3.05, 3.63) is 23.9 Å². The van der Waals surface area contributed by atoms with Gasteiger partial charge in [-0.15, -0.1) is 0 Å². The van der Waals surface area contributed by atoms with Crippen LogP contribution in [0.5, 0.6) is 0 Å². The van der Waals surface area contributed by atoms with Gasteiger partial charge in [0.15, 0.2) is 0 Å². The molecule has 2 N–H and O–H groups in total. The van der Waals surface area contributed by atoms with Gasteiger partial charge in [-0.1, -0.05) is 20.8 Å². The Kier molecular flexibility index (Phi) is 3.29. The molecule has 4 heteroatoms. The quantitative estimate of drug-likeness (QED) is 0.799. The first-order valence-electron chi connectivity index (χ1n) is 4.82. The molecule has 15 heavy (non-hydrogen) atoms. The fourth-order valence-corrected chi connectivity index (χ4v) is 1.07. The largest absolute Gasteiger partial charge is 0.478 e. The number of pyridine rings is 1. The molecule has 0 saturated heterocycles. The van der Waals surface area contributed by atoms with Crippen molar-refractivity contribution in [3.63, 3.8) is 0 Å². The zero-order valence-electron chi connectivity index (χ0n) is 9.24. The lowest BCUT2D eigenvalue weighted by molar-refractivity contribution is 0.0697. The van der Waals surface area contributed by atoms with E-state index in [0.29, 0.717) is 12.4 Å². The number of hydrogen-bond donors (Lipinski definition) is 2. The lowest BCUT2D eigenvalue weighted by atomic mass is 9.97. The molecular formula is C11H16N2O2. The highest BCUT2D eigenvalue weighted by atomic mass is 16.4. The predicted molar refractivity (Wildman–Crippen MR) is 59.1 cm³/mol. The van der Waals surface area contributed by atoms with Crippen LogP contribution in [0.4, 0.5) is 5.82 Å². The van der Waals surface area contributed by atoms with Gasteiger partial charge >= 0.3 is 5.97 Å². The van der Waals surface area contributed by atoms with Gasteiger partial charge in [-0.05, 0) is 17.5 Å². The monoisotopic (exact) mass is 208 g/mol. The summed E-state index contributed by atoms with van der Waals surface area (Å²) in [6.07, 6.45) is 1.58. The van der Waals surface area contributed by atoms with E-state index in [1.54, 1.807) is 18.3 Å². The molecule has 0 aliphatic rings. The van der Waals surface area contributed by atoms with Crippen LogP contribution < -0.4 is 5.32 Å². The van der Waals surface area contributed by atoms with E-state index in [0.717, 1.165) is 0 Å². The number of anilines is 1. The highest BCUT2D eigenvalue weighted by molar-refractivity contribution is 5.92. The molecule has 0 aromatic carbocycles. The molecule has 0 unspecified atom stereocenters. The number of nitrogens with one attached hydrogen (secondary N) is 1. The van der Waals surface area contributed by atoms with Crippen molar-refractivity contribution in [2.75, 3.05) is 11.9 Å². The van der Waals surface area contributed by atoms with E-state index in [1.165, 1.54) is 0 Å². The summed E-state index contributed by atoms with van der Waals surface area (Å²) in [6, 6.07) is 3.16. The maximum absolute atomic E-state index is 10.9. The summed E-state index contributed by atoms with van der Waals surface area (Å²) in [5, 5.41) is 12.0. The SMILES string of the molecule is CC(C)(C)CNc1ncccc1C(=O)O.